The van der Waals surface area contributed by atoms with Crippen molar-refractivity contribution < 1.29 is 9.53 Å². The summed E-state index contributed by atoms with van der Waals surface area (Å²) >= 11 is 0. The Bertz CT molecular complexity index is 878. The second kappa shape index (κ2) is 5.50. The van der Waals surface area contributed by atoms with Crippen LogP contribution in [0.5, 0.6) is 0 Å². The maximum absolute atomic E-state index is 12.6. The van der Waals surface area contributed by atoms with E-state index in [-0.39, 0.29) is 5.78 Å². The van der Waals surface area contributed by atoms with Gasteiger partial charge in [-0.25, -0.2) is 4.98 Å². The number of hydrogen-bond acceptors (Lipinski definition) is 5. The Morgan fingerprint density at radius 2 is 2.20 bits per heavy atom. The number of ether oxygens (including phenoxy) is 1. The van der Waals surface area contributed by atoms with Crippen LogP contribution in [0.15, 0.2) is 24.4 Å². The van der Waals surface area contributed by atoms with Crippen LogP contribution in [-0.4, -0.2) is 28.1 Å². The third-order valence-electron chi connectivity index (χ3n) is 5.72. The van der Waals surface area contributed by atoms with E-state index in [1.807, 2.05) is 25.1 Å². The van der Waals surface area contributed by atoms with Gasteiger partial charge in [0.2, 0.25) is 0 Å². The number of methoxy groups -OCH3 is 1. The van der Waals surface area contributed by atoms with Crippen LogP contribution in [0.4, 0.5) is 0 Å². The number of carbonyl (C=O) groups excluding carboxylic acids is 1. The van der Waals surface area contributed by atoms with Crippen molar-refractivity contribution in [2.75, 3.05) is 7.11 Å². The van der Waals surface area contributed by atoms with Crippen LogP contribution in [-0.2, 0) is 15.1 Å². The van der Waals surface area contributed by atoms with Gasteiger partial charge in [-0.15, -0.1) is 0 Å². The van der Waals surface area contributed by atoms with Crippen molar-refractivity contribution in [1.29, 1.82) is 5.26 Å². The molecule has 6 heteroatoms. The summed E-state index contributed by atoms with van der Waals surface area (Å²) in [4.78, 5) is 17.4. The van der Waals surface area contributed by atoms with Crippen LogP contribution < -0.4 is 0 Å². The number of nitrogens with one attached hydrogen (secondary N) is 1. The zero-order chi connectivity index (χ0) is 17.7. The van der Waals surface area contributed by atoms with Gasteiger partial charge in [0.1, 0.15) is 11.5 Å². The third kappa shape index (κ3) is 2.38. The Kier molecular flexibility index (Phi) is 3.51. The lowest BCUT2D eigenvalue weighted by Gasteiger charge is -2.41. The van der Waals surface area contributed by atoms with Gasteiger partial charge in [-0.3, -0.25) is 9.89 Å². The lowest BCUT2D eigenvalue weighted by Crippen LogP contribution is -2.45. The Hall–Kier alpha value is -2.52. The molecule has 2 saturated carbocycles. The Balaban J connectivity index is 1.78. The fourth-order valence-corrected chi connectivity index (χ4v) is 4.08. The van der Waals surface area contributed by atoms with Crippen LogP contribution in [0, 0.1) is 29.6 Å². The summed E-state index contributed by atoms with van der Waals surface area (Å²) in [5, 5.41) is 16.5. The van der Waals surface area contributed by atoms with Crippen molar-refractivity contribution in [1.82, 2.24) is 15.2 Å². The van der Waals surface area contributed by atoms with Gasteiger partial charge in [-0.05, 0) is 38.3 Å². The Morgan fingerprint density at radius 3 is 2.80 bits per heavy atom. The molecule has 2 aliphatic carbocycles. The van der Waals surface area contributed by atoms with Crippen molar-refractivity contribution in [3.8, 4) is 17.3 Å². The van der Waals surface area contributed by atoms with Crippen molar-refractivity contribution in [2.24, 2.45) is 11.3 Å². The van der Waals surface area contributed by atoms with E-state index in [9.17, 15) is 10.1 Å². The zero-order valence-corrected chi connectivity index (χ0v) is 14.4. The summed E-state index contributed by atoms with van der Waals surface area (Å²) in [7, 11) is 1.65. The molecule has 2 fully saturated rings. The van der Waals surface area contributed by atoms with E-state index in [1.165, 1.54) is 0 Å². The number of carbonyl (C=O) groups is 1. The average molecular weight is 336 g/mol. The predicted molar refractivity (Wildman–Crippen MR) is 90.3 cm³/mol. The molecule has 0 amide bonds. The highest BCUT2D eigenvalue weighted by Gasteiger charge is 2.61. The molecule has 1 spiro atoms. The number of hydrogen-bond donors (Lipinski definition) is 1. The molecule has 2 atom stereocenters. The van der Waals surface area contributed by atoms with Crippen molar-refractivity contribution in [2.45, 2.75) is 38.2 Å². The minimum Gasteiger partial charge on any atom is -0.372 e. The van der Waals surface area contributed by atoms with Crippen LogP contribution in [0.25, 0.3) is 11.3 Å². The molecule has 0 aromatic carbocycles. The molecule has 2 aromatic heterocycles. The molecule has 4 rings (SSSR count). The summed E-state index contributed by atoms with van der Waals surface area (Å²) < 4.78 is 5.93. The van der Waals surface area contributed by atoms with E-state index in [4.69, 9.17) is 9.72 Å². The van der Waals surface area contributed by atoms with Crippen molar-refractivity contribution in [3.63, 3.8) is 0 Å². The topological polar surface area (TPSA) is 91.7 Å². The van der Waals surface area contributed by atoms with Gasteiger partial charge in [0, 0.05) is 30.2 Å². The van der Waals surface area contributed by atoms with Gasteiger partial charge in [-0.2, -0.15) is 10.4 Å². The van der Waals surface area contributed by atoms with Gasteiger partial charge in [-0.1, -0.05) is 6.07 Å². The molecule has 2 aromatic rings. The number of nitriles is 1. The van der Waals surface area contributed by atoms with E-state index in [1.54, 1.807) is 13.3 Å². The van der Waals surface area contributed by atoms with Gasteiger partial charge >= 0.3 is 0 Å². The number of aryl methyl sites for hydroxylation is 1. The van der Waals surface area contributed by atoms with Crippen molar-refractivity contribution >= 4 is 5.78 Å². The standard InChI is InChI=1S/C19H20N4O2/c1-12-14(10-21-23-12)15-4-3-5-16(22-15)19(25-2)8-13(9-20)17(24)18(11-19)6-7-18/h3-5,10,13H,6-8,11H2,1-2H3,(H,21,23). The molecule has 6 nitrogen and oxygen atoms in total. The fraction of sp³-hybridized carbons (Fsp3) is 0.474. The van der Waals surface area contributed by atoms with Crippen LogP contribution >= 0.6 is 0 Å². The summed E-state index contributed by atoms with van der Waals surface area (Å²) in [6, 6.07) is 8.00. The molecule has 0 aliphatic heterocycles. The molecule has 2 unspecified atom stereocenters. The highest BCUT2D eigenvalue weighted by molar-refractivity contribution is 5.92. The smallest absolute Gasteiger partial charge is 0.156 e. The van der Waals surface area contributed by atoms with Crippen molar-refractivity contribution in [3.05, 3.63) is 35.8 Å². The number of H-pyrrole nitrogens is 1. The fourth-order valence-electron chi connectivity index (χ4n) is 4.08. The maximum atomic E-state index is 12.6. The highest BCUT2D eigenvalue weighted by atomic mass is 16.5. The number of aromatic amines is 1. The lowest BCUT2D eigenvalue weighted by molar-refractivity contribution is -0.142. The van der Waals surface area contributed by atoms with E-state index in [2.05, 4.69) is 16.3 Å². The third-order valence-corrected chi connectivity index (χ3v) is 5.72. The molecule has 0 saturated heterocycles. The van der Waals surface area contributed by atoms with Gasteiger partial charge in [0.05, 0.1) is 23.7 Å². The first kappa shape index (κ1) is 16.0. The summed E-state index contributed by atoms with van der Waals surface area (Å²) in [5.74, 6) is -0.540. The van der Waals surface area contributed by atoms with Gasteiger partial charge in [0.15, 0.2) is 5.78 Å². The second-order valence-corrected chi connectivity index (χ2v) is 7.22. The first-order valence-electron chi connectivity index (χ1n) is 8.51. The Labute approximate surface area is 146 Å². The summed E-state index contributed by atoms with van der Waals surface area (Å²) in [6.07, 6.45) is 4.41. The molecule has 128 valence electrons. The molecule has 0 radical (unpaired) electrons. The monoisotopic (exact) mass is 336 g/mol. The molecular formula is C19H20N4O2. The molecule has 1 N–H and O–H groups in total. The lowest BCUT2D eigenvalue weighted by atomic mass is 9.68. The van der Waals surface area contributed by atoms with E-state index in [0.29, 0.717) is 12.8 Å². The SMILES string of the molecule is COC1(c2cccc(-c3cn[nH]c3C)n2)CC(C#N)C(=O)C2(CC2)C1. The average Bonchev–Trinajstić information content (AvgIpc) is 3.28. The molecular weight excluding hydrogens is 316 g/mol. The molecule has 0 bridgehead atoms. The minimum absolute atomic E-state index is 0.0875. The number of aromatic nitrogens is 3. The quantitative estimate of drug-likeness (QED) is 0.930. The van der Waals surface area contributed by atoms with Gasteiger partial charge < -0.3 is 4.74 Å². The first-order chi connectivity index (χ1) is 12.0. The molecule has 25 heavy (non-hydrogen) atoms. The predicted octanol–water partition coefficient (Wildman–Crippen LogP) is 2.90. The molecule has 2 aliphatic rings. The molecule has 2 heterocycles. The number of nitrogens with zero attached hydrogens (tertiary/aromatic N) is 3. The number of pyridine rings is 1. The number of rotatable bonds is 3. The van der Waals surface area contributed by atoms with Gasteiger partial charge in [0.25, 0.3) is 0 Å². The number of ketones is 1. The Morgan fingerprint density at radius 1 is 1.40 bits per heavy atom. The second-order valence-electron chi connectivity index (χ2n) is 7.22. The minimum atomic E-state index is -0.696. The van der Waals surface area contributed by atoms with E-state index < -0.39 is 16.9 Å². The van der Waals surface area contributed by atoms with Crippen LogP contribution in [0.3, 0.4) is 0 Å². The summed E-state index contributed by atoms with van der Waals surface area (Å²) in [5.41, 5.74) is 2.40. The maximum Gasteiger partial charge on any atom is 0.156 e. The van der Waals surface area contributed by atoms with Crippen LogP contribution in [0.1, 0.15) is 37.1 Å². The van der Waals surface area contributed by atoms with Crippen LogP contribution in [0.2, 0.25) is 0 Å². The first-order valence-corrected chi connectivity index (χ1v) is 8.51. The largest absolute Gasteiger partial charge is 0.372 e. The zero-order valence-electron chi connectivity index (χ0n) is 14.4. The highest BCUT2D eigenvalue weighted by Crippen LogP contribution is 2.60. The van der Waals surface area contributed by atoms with E-state index >= 15 is 0 Å². The van der Waals surface area contributed by atoms with E-state index in [0.717, 1.165) is 35.5 Å². The summed E-state index contributed by atoms with van der Waals surface area (Å²) in [6.45, 7) is 1.95. The normalized spacial score (nSPS) is 27.2. The number of Topliss-reactive ketones (excluding diaryl/α,β-unsaturated/α-hetero) is 1.